The number of aromatic nitrogens is 2. The van der Waals surface area contributed by atoms with Gasteiger partial charge in [0.25, 0.3) is 11.5 Å². The van der Waals surface area contributed by atoms with Crippen LogP contribution in [0.1, 0.15) is 23.8 Å². The predicted molar refractivity (Wildman–Crippen MR) is 85.3 cm³/mol. The Morgan fingerprint density at radius 1 is 1.30 bits per heavy atom. The van der Waals surface area contributed by atoms with Crippen molar-refractivity contribution < 1.29 is 9.53 Å². The average Bonchev–Trinajstić information content (AvgIpc) is 3.02. The van der Waals surface area contributed by atoms with Crippen molar-refractivity contribution in [1.82, 2.24) is 19.6 Å². The minimum absolute atomic E-state index is 0.0881. The van der Waals surface area contributed by atoms with Crippen molar-refractivity contribution in [3.05, 3.63) is 28.2 Å². The van der Waals surface area contributed by atoms with Crippen LogP contribution in [0, 0.1) is 5.92 Å². The molecule has 0 aliphatic carbocycles. The number of hydrogen-bond acceptors (Lipinski definition) is 5. The molecule has 0 bridgehead atoms. The predicted octanol–water partition coefficient (Wildman–Crippen LogP) is -0.0369. The summed E-state index contributed by atoms with van der Waals surface area (Å²) in [6.07, 6.45) is 1.05. The van der Waals surface area contributed by atoms with Crippen LogP contribution in [0.3, 0.4) is 0 Å². The Bertz CT molecular complexity index is 624. The zero-order chi connectivity index (χ0) is 16.4. The number of likely N-dealkylation sites (tertiary alicyclic amines) is 1. The number of morpholine rings is 1. The van der Waals surface area contributed by atoms with Gasteiger partial charge in [-0.05, 0) is 12.0 Å². The maximum absolute atomic E-state index is 12.7. The summed E-state index contributed by atoms with van der Waals surface area (Å²) in [5, 5.41) is 4.09. The van der Waals surface area contributed by atoms with Crippen molar-refractivity contribution in [2.45, 2.75) is 19.4 Å². The Morgan fingerprint density at radius 2 is 2.04 bits per heavy atom. The second-order valence-electron chi connectivity index (χ2n) is 6.27. The summed E-state index contributed by atoms with van der Waals surface area (Å²) in [5.74, 6) is 0.388. The molecule has 3 rings (SSSR count). The lowest BCUT2D eigenvalue weighted by atomic mass is 9.99. The number of nitrogens with zero attached hydrogens (tertiary/aromatic N) is 4. The third-order valence-electron chi connectivity index (χ3n) is 4.91. The van der Waals surface area contributed by atoms with Crippen LogP contribution in [-0.2, 0) is 11.8 Å². The first-order chi connectivity index (χ1) is 11.1. The zero-order valence-electron chi connectivity index (χ0n) is 13.8. The molecule has 126 valence electrons. The smallest absolute Gasteiger partial charge is 0.274 e. The second kappa shape index (κ2) is 6.80. The summed E-state index contributed by atoms with van der Waals surface area (Å²) < 4.78 is 6.64. The quantitative estimate of drug-likeness (QED) is 0.782. The maximum Gasteiger partial charge on any atom is 0.274 e. The topological polar surface area (TPSA) is 67.7 Å². The summed E-state index contributed by atoms with van der Waals surface area (Å²) in [6, 6.07) is 3.31. The Kier molecular flexibility index (Phi) is 4.77. The van der Waals surface area contributed by atoms with Gasteiger partial charge in [-0.1, -0.05) is 13.3 Å². The highest BCUT2D eigenvalue weighted by atomic mass is 16.5. The zero-order valence-corrected chi connectivity index (χ0v) is 13.8. The van der Waals surface area contributed by atoms with Gasteiger partial charge in [-0.3, -0.25) is 14.5 Å². The van der Waals surface area contributed by atoms with Gasteiger partial charge in [0.05, 0.1) is 13.2 Å². The van der Waals surface area contributed by atoms with Crippen molar-refractivity contribution in [3.63, 3.8) is 0 Å². The highest BCUT2D eigenvalue weighted by molar-refractivity contribution is 5.92. The first-order valence-electron chi connectivity index (χ1n) is 8.25. The lowest BCUT2D eigenvalue weighted by Gasteiger charge is -2.34. The van der Waals surface area contributed by atoms with Crippen LogP contribution in [0.5, 0.6) is 0 Å². The third-order valence-corrected chi connectivity index (χ3v) is 4.91. The monoisotopic (exact) mass is 320 g/mol. The normalized spacial score (nSPS) is 25.7. The SMILES string of the molecule is CC[C@@H]1CN(C(=O)c2ccc(=O)n(C)n2)C[C@@H]1N1CCOCC1. The van der Waals surface area contributed by atoms with E-state index >= 15 is 0 Å². The molecule has 1 aromatic heterocycles. The number of hydrogen-bond donors (Lipinski definition) is 0. The fraction of sp³-hybridized carbons (Fsp3) is 0.688. The fourth-order valence-corrected chi connectivity index (χ4v) is 3.52. The van der Waals surface area contributed by atoms with E-state index in [-0.39, 0.29) is 11.5 Å². The van der Waals surface area contributed by atoms with Gasteiger partial charge >= 0.3 is 0 Å². The molecule has 7 nitrogen and oxygen atoms in total. The molecule has 0 radical (unpaired) electrons. The molecule has 0 N–H and O–H groups in total. The summed E-state index contributed by atoms with van der Waals surface area (Å²) in [4.78, 5) is 28.5. The first-order valence-corrected chi connectivity index (χ1v) is 8.25. The molecule has 23 heavy (non-hydrogen) atoms. The van der Waals surface area contributed by atoms with Crippen LogP contribution in [0.15, 0.2) is 16.9 Å². The Balaban J connectivity index is 1.74. The van der Waals surface area contributed by atoms with Crippen molar-refractivity contribution in [1.29, 1.82) is 0 Å². The minimum Gasteiger partial charge on any atom is -0.379 e. The number of ether oxygens (including phenoxy) is 1. The maximum atomic E-state index is 12.7. The second-order valence-corrected chi connectivity index (χ2v) is 6.27. The molecular weight excluding hydrogens is 296 g/mol. The third kappa shape index (κ3) is 3.30. The van der Waals surface area contributed by atoms with Gasteiger partial charge in [0.1, 0.15) is 5.69 Å². The molecule has 1 amide bonds. The van der Waals surface area contributed by atoms with E-state index in [1.807, 2.05) is 4.90 Å². The highest BCUT2D eigenvalue weighted by Gasteiger charge is 2.38. The standard InChI is InChI=1S/C16H24N4O3/c1-3-12-10-20(11-14(12)19-6-8-23-9-7-19)16(22)13-4-5-15(21)18(2)17-13/h4-5,12,14H,3,6-11H2,1-2H3/t12-,14+/m1/s1. The lowest BCUT2D eigenvalue weighted by Crippen LogP contribution is -2.47. The van der Waals surface area contributed by atoms with Gasteiger partial charge in [-0.15, -0.1) is 0 Å². The molecule has 2 atom stereocenters. The minimum atomic E-state index is -0.208. The molecule has 1 aromatic rings. The van der Waals surface area contributed by atoms with E-state index in [0.717, 1.165) is 45.8 Å². The molecule has 0 aromatic carbocycles. The summed E-state index contributed by atoms with van der Waals surface area (Å²) in [5.41, 5.74) is 0.130. The Hall–Kier alpha value is -1.73. The number of aryl methyl sites for hydroxylation is 1. The molecule has 2 fully saturated rings. The van der Waals surface area contributed by atoms with E-state index in [4.69, 9.17) is 4.74 Å². The highest BCUT2D eigenvalue weighted by Crippen LogP contribution is 2.26. The van der Waals surface area contributed by atoms with Gasteiger partial charge in [-0.25, -0.2) is 4.68 Å². The lowest BCUT2D eigenvalue weighted by molar-refractivity contribution is 0.0102. The molecule has 7 heteroatoms. The van der Waals surface area contributed by atoms with Crippen molar-refractivity contribution >= 4 is 5.91 Å². The molecule has 2 saturated heterocycles. The molecule has 0 unspecified atom stereocenters. The average molecular weight is 320 g/mol. The van der Waals surface area contributed by atoms with Crippen LogP contribution < -0.4 is 5.56 Å². The fourth-order valence-electron chi connectivity index (χ4n) is 3.52. The van der Waals surface area contributed by atoms with Crippen molar-refractivity contribution in [3.8, 4) is 0 Å². The van der Waals surface area contributed by atoms with Crippen LogP contribution >= 0.6 is 0 Å². The number of carbonyl (C=O) groups excluding carboxylic acids is 1. The number of rotatable bonds is 3. The van der Waals surface area contributed by atoms with Gasteiger partial charge in [0.2, 0.25) is 0 Å². The van der Waals surface area contributed by atoms with E-state index in [0.29, 0.717) is 17.7 Å². The summed E-state index contributed by atoms with van der Waals surface area (Å²) in [7, 11) is 1.56. The first kappa shape index (κ1) is 16.1. The molecule has 3 heterocycles. The number of amides is 1. The Morgan fingerprint density at radius 3 is 2.70 bits per heavy atom. The number of carbonyl (C=O) groups is 1. The Labute approximate surface area is 135 Å². The molecule has 2 aliphatic rings. The van der Waals surface area contributed by atoms with E-state index in [1.54, 1.807) is 7.05 Å². The molecular formula is C16H24N4O3. The van der Waals surface area contributed by atoms with E-state index in [9.17, 15) is 9.59 Å². The van der Waals surface area contributed by atoms with Crippen LogP contribution in [0.25, 0.3) is 0 Å². The van der Waals surface area contributed by atoms with E-state index < -0.39 is 0 Å². The van der Waals surface area contributed by atoms with Crippen molar-refractivity contribution in [2.24, 2.45) is 13.0 Å². The van der Waals surface area contributed by atoms with Crippen molar-refractivity contribution in [2.75, 3.05) is 39.4 Å². The van der Waals surface area contributed by atoms with Gasteiger partial charge in [-0.2, -0.15) is 5.10 Å². The van der Waals surface area contributed by atoms with E-state index in [2.05, 4.69) is 16.9 Å². The summed E-state index contributed by atoms with van der Waals surface area (Å²) in [6.45, 7) is 7.05. The van der Waals surface area contributed by atoms with Gasteiger partial charge in [0.15, 0.2) is 0 Å². The molecule has 0 spiro atoms. The van der Waals surface area contributed by atoms with Crippen LogP contribution in [0.2, 0.25) is 0 Å². The van der Waals surface area contributed by atoms with Gasteiger partial charge in [0, 0.05) is 45.3 Å². The molecule has 0 saturated carbocycles. The van der Waals surface area contributed by atoms with Crippen LogP contribution in [-0.4, -0.2) is 70.9 Å². The summed E-state index contributed by atoms with van der Waals surface area (Å²) >= 11 is 0. The van der Waals surface area contributed by atoms with Gasteiger partial charge < -0.3 is 9.64 Å². The largest absolute Gasteiger partial charge is 0.379 e. The van der Waals surface area contributed by atoms with Crippen LogP contribution in [0.4, 0.5) is 0 Å². The van der Waals surface area contributed by atoms with E-state index in [1.165, 1.54) is 16.8 Å². The molecule has 2 aliphatic heterocycles.